The third-order valence-corrected chi connectivity index (χ3v) is 3.91. The van der Waals surface area contributed by atoms with Gasteiger partial charge in [-0.15, -0.1) is 11.3 Å². The van der Waals surface area contributed by atoms with E-state index in [9.17, 15) is 0 Å². The SMILES string of the molecule is CCC(C)CNCCc1nc(C)c(C)s1. The van der Waals surface area contributed by atoms with Crippen LogP contribution in [0.3, 0.4) is 0 Å². The summed E-state index contributed by atoms with van der Waals surface area (Å²) in [7, 11) is 0. The molecule has 0 amide bonds. The van der Waals surface area contributed by atoms with Gasteiger partial charge in [-0.2, -0.15) is 0 Å². The van der Waals surface area contributed by atoms with Gasteiger partial charge in [0.25, 0.3) is 0 Å². The number of hydrogen-bond acceptors (Lipinski definition) is 3. The molecule has 1 aromatic heterocycles. The summed E-state index contributed by atoms with van der Waals surface area (Å²) >= 11 is 1.83. The molecule has 0 saturated carbocycles. The molecular weight excluding hydrogens is 204 g/mol. The topological polar surface area (TPSA) is 24.9 Å². The predicted molar refractivity (Wildman–Crippen MR) is 67.6 cm³/mol. The fourth-order valence-electron chi connectivity index (χ4n) is 1.33. The van der Waals surface area contributed by atoms with Crippen LogP contribution in [0.1, 0.15) is 35.8 Å². The molecule has 1 heterocycles. The van der Waals surface area contributed by atoms with Crippen molar-refractivity contribution in [3.05, 3.63) is 15.6 Å². The molecule has 1 unspecified atom stereocenters. The van der Waals surface area contributed by atoms with Gasteiger partial charge < -0.3 is 5.32 Å². The van der Waals surface area contributed by atoms with Crippen molar-refractivity contribution in [2.24, 2.45) is 5.92 Å². The molecule has 0 aliphatic carbocycles. The highest BCUT2D eigenvalue weighted by atomic mass is 32.1. The van der Waals surface area contributed by atoms with E-state index in [2.05, 4.69) is 38.0 Å². The first-order chi connectivity index (χ1) is 7.13. The third-order valence-electron chi connectivity index (χ3n) is 2.78. The fourth-order valence-corrected chi connectivity index (χ4v) is 2.27. The van der Waals surface area contributed by atoms with Crippen molar-refractivity contribution in [1.29, 1.82) is 0 Å². The van der Waals surface area contributed by atoms with Gasteiger partial charge in [-0.05, 0) is 26.3 Å². The number of aromatic nitrogens is 1. The second-order valence-corrected chi connectivity index (χ2v) is 5.50. The Morgan fingerprint density at radius 1 is 1.40 bits per heavy atom. The van der Waals surface area contributed by atoms with Crippen molar-refractivity contribution in [1.82, 2.24) is 10.3 Å². The van der Waals surface area contributed by atoms with Gasteiger partial charge in [-0.25, -0.2) is 4.98 Å². The van der Waals surface area contributed by atoms with Crippen LogP contribution in [0.4, 0.5) is 0 Å². The van der Waals surface area contributed by atoms with Crippen LogP contribution in [-0.2, 0) is 6.42 Å². The zero-order valence-corrected chi connectivity index (χ0v) is 11.1. The number of hydrogen-bond donors (Lipinski definition) is 1. The highest BCUT2D eigenvalue weighted by Crippen LogP contribution is 2.16. The van der Waals surface area contributed by atoms with Crippen molar-refractivity contribution in [2.45, 2.75) is 40.5 Å². The Labute approximate surface area is 97.1 Å². The molecular formula is C12H22N2S. The van der Waals surface area contributed by atoms with Gasteiger partial charge in [-0.3, -0.25) is 0 Å². The molecule has 2 nitrogen and oxygen atoms in total. The Hall–Kier alpha value is -0.410. The van der Waals surface area contributed by atoms with E-state index in [0.717, 1.165) is 25.4 Å². The minimum Gasteiger partial charge on any atom is -0.316 e. The second kappa shape index (κ2) is 6.23. The van der Waals surface area contributed by atoms with Crippen molar-refractivity contribution >= 4 is 11.3 Å². The Bertz CT molecular complexity index is 274. The van der Waals surface area contributed by atoms with Crippen LogP contribution in [-0.4, -0.2) is 18.1 Å². The summed E-state index contributed by atoms with van der Waals surface area (Å²) in [6.07, 6.45) is 2.32. The summed E-state index contributed by atoms with van der Waals surface area (Å²) in [6.45, 7) is 10.9. The van der Waals surface area contributed by atoms with E-state index in [-0.39, 0.29) is 0 Å². The lowest BCUT2D eigenvalue weighted by molar-refractivity contribution is 0.502. The minimum atomic E-state index is 0.782. The van der Waals surface area contributed by atoms with Crippen LogP contribution >= 0.6 is 11.3 Å². The van der Waals surface area contributed by atoms with E-state index in [1.54, 1.807) is 0 Å². The third kappa shape index (κ3) is 4.31. The number of rotatable bonds is 6. The maximum Gasteiger partial charge on any atom is 0.0943 e. The molecule has 86 valence electrons. The Morgan fingerprint density at radius 2 is 2.13 bits per heavy atom. The molecule has 1 aromatic rings. The van der Waals surface area contributed by atoms with Crippen LogP contribution in [0.25, 0.3) is 0 Å². The molecule has 3 heteroatoms. The molecule has 0 spiro atoms. The average Bonchev–Trinajstić information content (AvgIpc) is 2.53. The number of nitrogens with zero attached hydrogens (tertiary/aromatic N) is 1. The van der Waals surface area contributed by atoms with Crippen LogP contribution in [0.2, 0.25) is 0 Å². The zero-order chi connectivity index (χ0) is 11.3. The summed E-state index contributed by atoms with van der Waals surface area (Å²) < 4.78 is 0. The number of thiazole rings is 1. The summed E-state index contributed by atoms with van der Waals surface area (Å²) in [5.41, 5.74) is 1.19. The summed E-state index contributed by atoms with van der Waals surface area (Å²) in [6, 6.07) is 0. The van der Waals surface area contributed by atoms with Gasteiger partial charge in [-0.1, -0.05) is 20.3 Å². The maximum atomic E-state index is 4.53. The first kappa shape index (κ1) is 12.7. The quantitative estimate of drug-likeness (QED) is 0.754. The Kier molecular flexibility index (Phi) is 5.26. The van der Waals surface area contributed by atoms with Gasteiger partial charge >= 0.3 is 0 Å². The zero-order valence-electron chi connectivity index (χ0n) is 10.3. The van der Waals surface area contributed by atoms with E-state index in [0.29, 0.717) is 0 Å². The number of aryl methyl sites for hydroxylation is 2. The molecule has 0 bridgehead atoms. The van der Waals surface area contributed by atoms with E-state index >= 15 is 0 Å². The van der Waals surface area contributed by atoms with Gasteiger partial charge in [0.2, 0.25) is 0 Å². The second-order valence-electron chi connectivity index (χ2n) is 4.22. The van der Waals surface area contributed by atoms with Crippen molar-refractivity contribution in [2.75, 3.05) is 13.1 Å². The van der Waals surface area contributed by atoms with Crippen LogP contribution in [0.5, 0.6) is 0 Å². The van der Waals surface area contributed by atoms with E-state index in [4.69, 9.17) is 0 Å². The highest BCUT2D eigenvalue weighted by molar-refractivity contribution is 7.11. The Morgan fingerprint density at radius 3 is 2.67 bits per heavy atom. The van der Waals surface area contributed by atoms with Gasteiger partial charge in [0, 0.05) is 17.8 Å². The summed E-state index contributed by atoms with van der Waals surface area (Å²) in [5.74, 6) is 0.782. The largest absolute Gasteiger partial charge is 0.316 e. The van der Waals surface area contributed by atoms with Crippen molar-refractivity contribution in [3.63, 3.8) is 0 Å². The fraction of sp³-hybridized carbons (Fsp3) is 0.750. The normalized spacial score (nSPS) is 13.1. The van der Waals surface area contributed by atoms with Crippen LogP contribution in [0.15, 0.2) is 0 Å². The Balaban J connectivity index is 2.20. The summed E-state index contributed by atoms with van der Waals surface area (Å²) in [5, 5.41) is 4.75. The van der Waals surface area contributed by atoms with Crippen LogP contribution < -0.4 is 5.32 Å². The van der Waals surface area contributed by atoms with Crippen molar-refractivity contribution < 1.29 is 0 Å². The van der Waals surface area contributed by atoms with Gasteiger partial charge in [0.05, 0.1) is 10.7 Å². The molecule has 1 atom stereocenters. The van der Waals surface area contributed by atoms with E-state index in [1.807, 2.05) is 11.3 Å². The highest BCUT2D eigenvalue weighted by Gasteiger charge is 2.03. The molecule has 0 aromatic carbocycles. The molecule has 0 fully saturated rings. The molecule has 0 radical (unpaired) electrons. The first-order valence-electron chi connectivity index (χ1n) is 5.77. The lowest BCUT2D eigenvalue weighted by Gasteiger charge is -2.08. The minimum absolute atomic E-state index is 0.782. The molecule has 1 N–H and O–H groups in total. The van der Waals surface area contributed by atoms with Crippen LogP contribution in [0, 0.1) is 19.8 Å². The lowest BCUT2D eigenvalue weighted by atomic mass is 10.1. The van der Waals surface area contributed by atoms with E-state index < -0.39 is 0 Å². The summed E-state index contributed by atoms with van der Waals surface area (Å²) in [4.78, 5) is 5.88. The van der Waals surface area contributed by atoms with Crippen molar-refractivity contribution in [3.8, 4) is 0 Å². The molecule has 0 aliphatic heterocycles. The first-order valence-corrected chi connectivity index (χ1v) is 6.58. The monoisotopic (exact) mass is 226 g/mol. The standard InChI is InChI=1S/C12H22N2S/c1-5-9(2)8-13-7-6-12-14-10(3)11(4)15-12/h9,13H,5-8H2,1-4H3. The predicted octanol–water partition coefficient (Wildman–Crippen LogP) is 2.94. The molecule has 1 rings (SSSR count). The van der Waals surface area contributed by atoms with E-state index in [1.165, 1.54) is 22.0 Å². The smallest absolute Gasteiger partial charge is 0.0943 e. The van der Waals surface area contributed by atoms with Gasteiger partial charge in [0.1, 0.15) is 0 Å². The number of nitrogens with one attached hydrogen (secondary N) is 1. The molecule has 15 heavy (non-hydrogen) atoms. The van der Waals surface area contributed by atoms with Gasteiger partial charge in [0.15, 0.2) is 0 Å². The molecule has 0 saturated heterocycles. The average molecular weight is 226 g/mol. The maximum absolute atomic E-state index is 4.53. The lowest BCUT2D eigenvalue weighted by Crippen LogP contribution is -2.23. The molecule has 0 aliphatic rings.